The summed E-state index contributed by atoms with van der Waals surface area (Å²) in [6.07, 6.45) is 0.358. The molecule has 0 saturated carbocycles. The van der Waals surface area contributed by atoms with Crippen molar-refractivity contribution in [3.63, 3.8) is 0 Å². The van der Waals surface area contributed by atoms with Crippen molar-refractivity contribution in [3.8, 4) is 5.69 Å². The van der Waals surface area contributed by atoms with Gasteiger partial charge in [-0.05, 0) is 68.8 Å². The molecule has 0 radical (unpaired) electrons. The molecule has 33 heavy (non-hydrogen) atoms. The Morgan fingerprint density at radius 2 is 1.61 bits per heavy atom. The van der Waals surface area contributed by atoms with Gasteiger partial charge in [0.1, 0.15) is 0 Å². The third kappa shape index (κ3) is 5.01. The summed E-state index contributed by atoms with van der Waals surface area (Å²) in [6, 6.07) is 19.4. The van der Waals surface area contributed by atoms with Crippen molar-refractivity contribution < 1.29 is 22.7 Å². The lowest BCUT2D eigenvalue weighted by Crippen LogP contribution is -2.43. The summed E-state index contributed by atoms with van der Waals surface area (Å²) in [5.41, 5.74) is 4.03. The molecule has 0 N–H and O–H groups in total. The molecule has 3 aromatic rings. The first kappa shape index (κ1) is 22.8. The highest BCUT2D eigenvalue weighted by atomic mass is 32.2. The van der Waals surface area contributed by atoms with Gasteiger partial charge in [0.2, 0.25) is 0 Å². The van der Waals surface area contributed by atoms with E-state index in [1.54, 1.807) is 36.4 Å². The highest BCUT2D eigenvalue weighted by Crippen LogP contribution is 2.25. The van der Waals surface area contributed by atoms with Crippen molar-refractivity contribution >= 4 is 27.4 Å². The van der Waals surface area contributed by atoms with E-state index >= 15 is 0 Å². The Balaban J connectivity index is 1.45. The predicted octanol–water partition coefficient (Wildman–Crippen LogP) is 3.47. The normalized spacial score (nSPS) is 17.0. The third-order valence-corrected chi connectivity index (χ3v) is 7.59. The first-order valence-corrected chi connectivity index (χ1v) is 12.6. The number of carbonyl (C=O) groups excluding carboxylic acids is 2. The average Bonchev–Trinajstić information content (AvgIpc) is 3.33. The molecule has 1 fully saturated rings. The molecule has 0 spiro atoms. The summed E-state index contributed by atoms with van der Waals surface area (Å²) in [4.78, 5) is 27.0. The highest BCUT2D eigenvalue weighted by Gasteiger charge is 2.35. The fourth-order valence-electron chi connectivity index (χ4n) is 4.23. The van der Waals surface area contributed by atoms with Crippen LogP contribution in [0.25, 0.3) is 5.69 Å². The van der Waals surface area contributed by atoms with E-state index in [1.165, 1.54) is 4.90 Å². The molecule has 0 bridgehead atoms. The van der Waals surface area contributed by atoms with E-state index in [4.69, 9.17) is 4.74 Å². The lowest BCUT2D eigenvalue weighted by atomic mass is 10.2. The number of para-hydroxylation sites is 1. The number of hydrogen-bond acceptors (Lipinski definition) is 5. The lowest BCUT2D eigenvalue weighted by Gasteiger charge is -2.28. The maximum absolute atomic E-state index is 13.0. The van der Waals surface area contributed by atoms with Gasteiger partial charge in [-0.15, -0.1) is 0 Å². The Kier molecular flexibility index (Phi) is 6.37. The number of hydrogen-bond donors (Lipinski definition) is 0. The summed E-state index contributed by atoms with van der Waals surface area (Å²) < 4.78 is 31.3. The molecule has 1 aliphatic heterocycles. The topological polar surface area (TPSA) is 85.7 Å². The van der Waals surface area contributed by atoms with Crippen molar-refractivity contribution in [1.82, 2.24) is 4.57 Å². The number of anilines is 1. The van der Waals surface area contributed by atoms with Crippen LogP contribution in [0.2, 0.25) is 0 Å². The molecule has 1 saturated heterocycles. The Morgan fingerprint density at radius 3 is 2.18 bits per heavy atom. The van der Waals surface area contributed by atoms with E-state index in [9.17, 15) is 18.0 Å². The molecule has 8 heteroatoms. The fourth-order valence-corrected chi connectivity index (χ4v) is 5.93. The summed E-state index contributed by atoms with van der Waals surface area (Å²) in [5, 5.41) is 0. The van der Waals surface area contributed by atoms with E-state index in [0.717, 1.165) is 17.1 Å². The Hall–Kier alpha value is -3.39. The van der Waals surface area contributed by atoms with E-state index in [2.05, 4.69) is 4.57 Å². The maximum atomic E-state index is 13.0. The number of esters is 1. The molecular weight excluding hydrogens is 440 g/mol. The van der Waals surface area contributed by atoms with E-state index in [0.29, 0.717) is 17.7 Å². The first-order chi connectivity index (χ1) is 15.7. The van der Waals surface area contributed by atoms with Crippen molar-refractivity contribution in [2.75, 3.05) is 23.0 Å². The number of aromatic nitrogens is 1. The monoisotopic (exact) mass is 466 g/mol. The Morgan fingerprint density at radius 1 is 0.970 bits per heavy atom. The molecule has 2 aromatic carbocycles. The van der Waals surface area contributed by atoms with Crippen LogP contribution in [0.1, 0.15) is 28.2 Å². The Labute approximate surface area is 193 Å². The number of nitrogens with zero attached hydrogens (tertiary/aromatic N) is 2. The van der Waals surface area contributed by atoms with Gasteiger partial charge in [0.25, 0.3) is 5.91 Å². The largest absolute Gasteiger partial charge is 0.452 e. The van der Waals surface area contributed by atoms with Crippen LogP contribution in [0.5, 0.6) is 0 Å². The second-order valence-corrected chi connectivity index (χ2v) is 10.5. The van der Waals surface area contributed by atoms with Crippen LogP contribution < -0.4 is 4.90 Å². The molecule has 1 atom stereocenters. The second-order valence-electron chi connectivity index (χ2n) is 8.23. The van der Waals surface area contributed by atoms with Gasteiger partial charge in [0.15, 0.2) is 16.4 Å². The number of sulfone groups is 1. The van der Waals surface area contributed by atoms with Gasteiger partial charge < -0.3 is 14.2 Å². The number of carbonyl (C=O) groups is 2. The zero-order valence-corrected chi connectivity index (χ0v) is 19.4. The zero-order chi connectivity index (χ0) is 23.6. The van der Waals surface area contributed by atoms with Crippen LogP contribution in [-0.4, -0.2) is 49.0 Å². The van der Waals surface area contributed by atoms with Crippen LogP contribution in [0.15, 0.2) is 66.7 Å². The number of benzene rings is 2. The molecular formula is C25H26N2O5S. The second kappa shape index (κ2) is 9.23. The standard InChI is InChI=1S/C25H26N2O5S/c1-18-8-9-19(2)26(18)22-12-10-20(11-13-22)25(29)32-16-24(28)27(21-6-4-3-5-7-21)23-14-15-33(30,31)17-23/h3-13,23H,14-17H2,1-2H3. The first-order valence-electron chi connectivity index (χ1n) is 10.8. The summed E-state index contributed by atoms with van der Waals surface area (Å²) in [5.74, 6) is -1.11. The molecule has 0 aliphatic carbocycles. The van der Waals surface area contributed by atoms with Gasteiger partial charge in [-0.1, -0.05) is 18.2 Å². The number of rotatable bonds is 6. The number of amides is 1. The quantitative estimate of drug-likeness (QED) is 0.520. The van der Waals surface area contributed by atoms with Crippen molar-refractivity contribution in [1.29, 1.82) is 0 Å². The molecule has 1 amide bonds. The molecule has 1 unspecified atom stereocenters. The molecule has 2 heterocycles. The van der Waals surface area contributed by atoms with Crippen LogP contribution in [0.3, 0.4) is 0 Å². The zero-order valence-electron chi connectivity index (χ0n) is 18.6. The van der Waals surface area contributed by atoms with Crippen molar-refractivity contribution in [2.24, 2.45) is 0 Å². The van der Waals surface area contributed by atoms with E-state index in [1.807, 2.05) is 44.2 Å². The summed E-state index contributed by atoms with van der Waals surface area (Å²) in [6.45, 7) is 3.55. The van der Waals surface area contributed by atoms with Crippen LogP contribution in [-0.2, 0) is 19.4 Å². The minimum Gasteiger partial charge on any atom is -0.452 e. The van der Waals surface area contributed by atoms with E-state index < -0.39 is 34.4 Å². The summed E-state index contributed by atoms with van der Waals surface area (Å²) in [7, 11) is -3.19. The van der Waals surface area contributed by atoms with Gasteiger partial charge in [-0.3, -0.25) is 4.79 Å². The van der Waals surface area contributed by atoms with Gasteiger partial charge >= 0.3 is 5.97 Å². The summed E-state index contributed by atoms with van der Waals surface area (Å²) >= 11 is 0. The van der Waals surface area contributed by atoms with Crippen LogP contribution in [0.4, 0.5) is 5.69 Å². The minimum atomic E-state index is -3.19. The van der Waals surface area contributed by atoms with Gasteiger partial charge in [0, 0.05) is 22.8 Å². The molecule has 4 rings (SSSR count). The lowest BCUT2D eigenvalue weighted by molar-refractivity contribution is -0.122. The number of ether oxygens (including phenoxy) is 1. The molecule has 7 nitrogen and oxygen atoms in total. The van der Waals surface area contributed by atoms with Gasteiger partial charge in [-0.25, -0.2) is 13.2 Å². The highest BCUT2D eigenvalue weighted by molar-refractivity contribution is 7.91. The van der Waals surface area contributed by atoms with Gasteiger partial charge in [-0.2, -0.15) is 0 Å². The predicted molar refractivity (Wildman–Crippen MR) is 127 cm³/mol. The average molecular weight is 467 g/mol. The number of aryl methyl sites for hydroxylation is 2. The molecule has 1 aromatic heterocycles. The van der Waals surface area contributed by atoms with Crippen molar-refractivity contribution in [2.45, 2.75) is 26.3 Å². The smallest absolute Gasteiger partial charge is 0.338 e. The molecule has 172 valence electrons. The van der Waals surface area contributed by atoms with Crippen molar-refractivity contribution in [3.05, 3.63) is 83.7 Å². The Bertz CT molecular complexity index is 1240. The van der Waals surface area contributed by atoms with Crippen LogP contribution >= 0.6 is 0 Å². The fraction of sp³-hybridized carbons (Fsp3) is 0.280. The third-order valence-electron chi connectivity index (χ3n) is 5.84. The maximum Gasteiger partial charge on any atom is 0.338 e. The molecule has 1 aliphatic rings. The van der Waals surface area contributed by atoms with Gasteiger partial charge in [0.05, 0.1) is 23.1 Å². The van der Waals surface area contributed by atoms with E-state index in [-0.39, 0.29) is 11.5 Å². The minimum absolute atomic E-state index is 0.0424. The SMILES string of the molecule is Cc1ccc(C)n1-c1ccc(C(=O)OCC(=O)N(c2ccccc2)C2CCS(=O)(=O)C2)cc1. The van der Waals surface area contributed by atoms with Crippen LogP contribution in [0, 0.1) is 13.8 Å².